The molecule has 8 aliphatic rings. The van der Waals surface area contributed by atoms with Crippen LogP contribution >= 0.6 is 0 Å². The summed E-state index contributed by atoms with van der Waals surface area (Å²) in [6.45, 7) is 0. The van der Waals surface area contributed by atoms with Gasteiger partial charge in [-0.3, -0.25) is 0 Å². The molecule has 16 rings (SSSR count). The monoisotopic (exact) mass is 1120 g/mol. The summed E-state index contributed by atoms with van der Waals surface area (Å²) in [5.41, 5.74) is 10.5. The predicted octanol–water partition coefficient (Wildman–Crippen LogP) is 11.6. The Morgan fingerprint density at radius 2 is 0.512 bits per heavy atom. The second-order valence-electron chi connectivity index (χ2n) is 24.7. The van der Waals surface area contributed by atoms with E-state index in [1.165, 1.54) is 22.3 Å². The normalized spacial score (nSPS) is 30.5. The Hall–Kier alpha value is -8.48. The van der Waals surface area contributed by atoms with E-state index >= 15 is 0 Å². The van der Waals surface area contributed by atoms with E-state index in [0.717, 1.165) is 96.4 Å². The van der Waals surface area contributed by atoms with Gasteiger partial charge in [-0.25, -0.2) is 19.9 Å². The lowest BCUT2D eigenvalue weighted by molar-refractivity contribution is -0.0347. The molecular weight excluding hydrogens is 1050 g/mol. The molecule has 4 saturated carbocycles. The standard InChI is InChI=1S/4C17H17N3O/c4*18-9-12-5-7-17(21,8-6-12)16-14-4-2-1-3-13(14)15-10-19-11-20(15)16/h4*1-4,10-12,16,21H,5-8H2/t4*12?,16-,17?/m1100/s1. The Balaban J connectivity index is 0.000000104. The molecule has 0 bridgehead atoms. The van der Waals surface area contributed by atoms with Gasteiger partial charge < -0.3 is 38.7 Å². The summed E-state index contributed by atoms with van der Waals surface area (Å²) in [5, 5.41) is 81.2. The van der Waals surface area contributed by atoms with Gasteiger partial charge in [0.1, 0.15) is 0 Å². The van der Waals surface area contributed by atoms with Crippen molar-refractivity contribution in [3.8, 4) is 69.3 Å². The molecule has 4 aromatic heterocycles. The molecule has 4 aliphatic carbocycles. The first kappa shape index (κ1) is 54.8. The Kier molecular flexibility index (Phi) is 14.3. The van der Waals surface area contributed by atoms with Gasteiger partial charge in [-0.2, -0.15) is 21.0 Å². The van der Waals surface area contributed by atoms with Gasteiger partial charge in [-0.15, -0.1) is 0 Å². The molecule has 16 heteroatoms. The molecule has 0 radical (unpaired) electrons. The fraction of sp³-hybridized carbons (Fsp3) is 0.412. The topological polar surface area (TPSA) is 247 Å². The molecule has 4 aliphatic heterocycles. The van der Waals surface area contributed by atoms with Gasteiger partial charge in [0.15, 0.2) is 0 Å². The summed E-state index contributed by atoms with van der Waals surface area (Å²) in [6, 6.07) is 42.0. The summed E-state index contributed by atoms with van der Waals surface area (Å²) in [6.07, 6.45) is 26.2. The van der Waals surface area contributed by atoms with E-state index in [1.54, 1.807) is 0 Å². The molecule has 0 unspecified atom stereocenters. The van der Waals surface area contributed by atoms with Crippen LogP contribution in [0.25, 0.3) is 45.0 Å². The maximum absolute atomic E-state index is 11.2. The van der Waals surface area contributed by atoms with Crippen molar-refractivity contribution >= 4 is 0 Å². The SMILES string of the molecule is N#CC1CCC(O)([C@@H]2c3ccccc3-c3cncn32)CC1.N#CC1CCC(O)([C@@H]2c3ccccc3-c3cncn32)CC1.N#CC1CCC(O)([C@H]2c3ccccc3-c3cncn32)CC1.N#CC1CCC(O)([C@H]2c3ccccc3-c3cncn32)CC1. The van der Waals surface area contributed by atoms with Crippen molar-refractivity contribution in [1.29, 1.82) is 21.0 Å². The van der Waals surface area contributed by atoms with Crippen LogP contribution in [-0.4, -0.2) is 81.0 Å². The molecule has 4 aromatic carbocycles. The minimum Gasteiger partial charge on any atom is -0.387 e. The molecule has 4 N–H and O–H groups in total. The number of nitriles is 4. The molecule has 8 heterocycles. The van der Waals surface area contributed by atoms with Crippen LogP contribution in [0.4, 0.5) is 0 Å². The molecule has 8 aromatic rings. The molecule has 4 fully saturated rings. The summed E-state index contributed by atoms with van der Waals surface area (Å²) in [5.74, 6) is 0.349. The lowest BCUT2D eigenvalue weighted by Gasteiger charge is -2.39. The van der Waals surface area contributed by atoms with Crippen molar-refractivity contribution in [1.82, 2.24) is 38.2 Å². The van der Waals surface area contributed by atoms with Gasteiger partial charge in [0, 0.05) is 45.9 Å². The van der Waals surface area contributed by atoms with Gasteiger partial charge in [-0.1, -0.05) is 97.1 Å². The van der Waals surface area contributed by atoms with Crippen molar-refractivity contribution in [3.63, 3.8) is 0 Å². The van der Waals surface area contributed by atoms with Gasteiger partial charge in [0.2, 0.25) is 0 Å². The average molecular weight is 1120 g/mol. The minimum absolute atomic E-state index is 0.0779. The number of benzene rings is 4. The van der Waals surface area contributed by atoms with E-state index < -0.39 is 22.4 Å². The fourth-order valence-electron chi connectivity index (χ4n) is 15.6. The van der Waals surface area contributed by atoms with Crippen molar-refractivity contribution in [2.45, 2.75) is 149 Å². The molecule has 0 saturated heterocycles. The van der Waals surface area contributed by atoms with E-state index in [9.17, 15) is 20.4 Å². The van der Waals surface area contributed by atoms with Crippen molar-refractivity contribution in [2.75, 3.05) is 0 Å². The van der Waals surface area contributed by atoms with Crippen LogP contribution in [0.5, 0.6) is 0 Å². The zero-order valence-corrected chi connectivity index (χ0v) is 46.9. The zero-order chi connectivity index (χ0) is 57.8. The van der Waals surface area contributed by atoms with Crippen LogP contribution in [0.2, 0.25) is 0 Å². The molecule has 424 valence electrons. The second kappa shape index (κ2) is 21.9. The zero-order valence-electron chi connectivity index (χ0n) is 46.9. The number of aromatic nitrogens is 8. The van der Waals surface area contributed by atoms with Crippen molar-refractivity contribution in [3.05, 3.63) is 169 Å². The summed E-state index contributed by atoms with van der Waals surface area (Å²) in [7, 11) is 0. The first-order valence-electron chi connectivity index (χ1n) is 29.8. The molecular formula is C68H68N12O4. The van der Waals surface area contributed by atoms with E-state index in [0.29, 0.717) is 51.4 Å². The van der Waals surface area contributed by atoms with E-state index in [2.05, 4.69) is 111 Å². The van der Waals surface area contributed by atoms with Crippen LogP contribution in [0.1, 0.15) is 149 Å². The number of imidazole rings is 4. The highest BCUT2D eigenvalue weighted by Gasteiger charge is 2.50. The summed E-state index contributed by atoms with van der Waals surface area (Å²) >= 11 is 0. The number of hydrogen-bond acceptors (Lipinski definition) is 12. The quantitative estimate of drug-likeness (QED) is 0.128. The van der Waals surface area contributed by atoms with Crippen molar-refractivity contribution in [2.24, 2.45) is 23.7 Å². The lowest BCUT2D eigenvalue weighted by atomic mass is 9.73. The number of aliphatic hydroxyl groups is 4. The summed E-state index contributed by atoms with van der Waals surface area (Å²) in [4.78, 5) is 17.0. The van der Waals surface area contributed by atoms with Crippen LogP contribution in [-0.2, 0) is 0 Å². The molecule has 0 spiro atoms. The van der Waals surface area contributed by atoms with Crippen LogP contribution < -0.4 is 0 Å². The third-order valence-corrected chi connectivity index (χ3v) is 20.1. The van der Waals surface area contributed by atoms with Gasteiger partial charge in [0.05, 0.1) is 144 Å². The Bertz CT molecular complexity index is 3380. The Morgan fingerprint density at radius 3 is 0.702 bits per heavy atom. The second-order valence-corrected chi connectivity index (χ2v) is 24.7. The van der Waals surface area contributed by atoms with Gasteiger partial charge >= 0.3 is 0 Å². The first-order chi connectivity index (χ1) is 40.9. The highest BCUT2D eigenvalue weighted by atomic mass is 16.3. The maximum Gasteiger partial charge on any atom is 0.0957 e. The maximum atomic E-state index is 11.2. The lowest BCUT2D eigenvalue weighted by Crippen LogP contribution is -2.42. The van der Waals surface area contributed by atoms with Crippen LogP contribution in [0.3, 0.4) is 0 Å². The largest absolute Gasteiger partial charge is 0.387 e. The average Bonchev–Trinajstić information content (AvgIpc) is 1.94. The number of fused-ring (bicyclic) bond motifs is 12. The smallest absolute Gasteiger partial charge is 0.0957 e. The highest BCUT2D eigenvalue weighted by Crippen LogP contribution is 2.54. The number of nitrogens with zero attached hydrogens (tertiary/aromatic N) is 12. The molecule has 84 heavy (non-hydrogen) atoms. The van der Waals surface area contributed by atoms with E-state index in [1.807, 2.05) is 98.6 Å². The van der Waals surface area contributed by atoms with Gasteiger partial charge in [-0.05, 0) is 125 Å². The van der Waals surface area contributed by atoms with E-state index in [4.69, 9.17) is 21.0 Å². The fourth-order valence-corrected chi connectivity index (χ4v) is 15.6. The minimum atomic E-state index is -0.782. The summed E-state index contributed by atoms with van der Waals surface area (Å²) < 4.78 is 8.38. The van der Waals surface area contributed by atoms with Gasteiger partial charge in [0.25, 0.3) is 0 Å². The van der Waals surface area contributed by atoms with Crippen LogP contribution in [0.15, 0.2) is 147 Å². The number of hydrogen-bond donors (Lipinski definition) is 4. The van der Waals surface area contributed by atoms with Crippen molar-refractivity contribution < 1.29 is 20.4 Å². The highest BCUT2D eigenvalue weighted by molar-refractivity contribution is 5.72. The predicted molar refractivity (Wildman–Crippen MR) is 313 cm³/mol. The third kappa shape index (κ3) is 9.33. The van der Waals surface area contributed by atoms with E-state index in [-0.39, 0.29) is 47.8 Å². The first-order valence-corrected chi connectivity index (χ1v) is 29.8. The molecule has 4 atom stereocenters. The molecule has 16 nitrogen and oxygen atoms in total. The third-order valence-electron chi connectivity index (χ3n) is 20.1. The van der Waals surface area contributed by atoms with Crippen LogP contribution in [0, 0.1) is 69.0 Å². The Labute approximate surface area is 489 Å². The Morgan fingerprint density at radius 1 is 0.321 bits per heavy atom. The molecule has 0 amide bonds. The number of rotatable bonds is 4.